The number of nitro benzene ring substituents is 1. The van der Waals surface area contributed by atoms with Gasteiger partial charge in [-0.15, -0.1) is 0 Å². The molecule has 0 saturated heterocycles. The van der Waals surface area contributed by atoms with Gasteiger partial charge in [-0.3, -0.25) is 14.9 Å². The number of furan rings is 1. The lowest BCUT2D eigenvalue weighted by atomic mass is 10.1. The van der Waals surface area contributed by atoms with Crippen LogP contribution in [0, 0.1) is 10.1 Å². The Labute approximate surface area is 243 Å². The molecule has 0 unspecified atom stereocenters. The maximum Gasteiger partial charge on any atom is 0.315 e. The zero-order valence-electron chi connectivity index (χ0n) is 22.1. The second-order valence-electron chi connectivity index (χ2n) is 9.17. The number of nitrogens with zero attached hydrogens (tertiary/aromatic N) is 4. The number of hydrogen-bond acceptors (Lipinski definition) is 8. The molecular formula is C31H21ClN4O6. The summed E-state index contributed by atoms with van der Waals surface area (Å²) in [6.45, 7) is -0.0106. The monoisotopic (exact) mass is 580 g/mol. The standard InChI is InChI=1S/C31H21ClN4O6/c1-40-27-15-19(14-25(36(38)39)29(27)41-18-21-9-2-5-11-23(21)32)17-33-35-30(28-16-20-8-3-7-13-26(20)42-28)34-24-12-6-4-10-22(24)31(35)37/h2-17H,18H2,1H3. The number of benzene rings is 4. The average molecular weight is 581 g/mol. The van der Waals surface area contributed by atoms with Crippen molar-refractivity contribution in [3.05, 3.63) is 128 Å². The second-order valence-corrected chi connectivity index (χ2v) is 9.58. The number of ether oxygens (including phenoxy) is 2. The van der Waals surface area contributed by atoms with Crippen molar-refractivity contribution in [2.75, 3.05) is 7.11 Å². The summed E-state index contributed by atoms with van der Waals surface area (Å²) in [4.78, 5) is 29.7. The van der Waals surface area contributed by atoms with Gasteiger partial charge in [0, 0.05) is 27.6 Å². The van der Waals surface area contributed by atoms with E-state index >= 15 is 0 Å². The van der Waals surface area contributed by atoms with Crippen LogP contribution in [0.1, 0.15) is 11.1 Å². The maximum atomic E-state index is 13.6. The molecular weight excluding hydrogens is 560 g/mol. The number of para-hydroxylation sites is 2. The lowest BCUT2D eigenvalue weighted by molar-refractivity contribution is -0.386. The molecule has 0 spiro atoms. The third-order valence-electron chi connectivity index (χ3n) is 6.53. The highest BCUT2D eigenvalue weighted by Crippen LogP contribution is 2.39. The first-order chi connectivity index (χ1) is 20.4. The molecule has 0 fully saturated rings. The Balaban J connectivity index is 1.44. The topological polar surface area (TPSA) is 122 Å². The molecule has 208 valence electrons. The van der Waals surface area contributed by atoms with Crippen LogP contribution < -0.4 is 15.0 Å². The number of nitro groups is 1. The van der Waals surface area contributed by atoms with Crippen LogP contribution in [-0.4, -0.2) is 27.9 Å². The van der Waals surface area contributed by atoms with Gasteiger partial charge >= 0.3 is 5.69 Å². The van der Waals surface area contributed by atoms with E-state index in [1.54, 1.807) is 54.6 Å². The van der Waals surface area contributed by atoms with Crippen LogP contribution in [0.5, 0.6) is 11.5 Å². The first-order valence-electron chi connectivity index (χ1n) is 12.7. The van der Waals surface area contributed by atoms with Gasteiger partial charge in [-0.25, -0.2) is 4.98 Å². The molecule has 0 amide bonds. The molecule has 0 radical (unpaired) electrons. The van der Waals surface area contributed by atoms with Crippen LogP contribution >= 0.6 is 11.6 Å². The van der Waals surface area contributed by atoms with Gasteiger partial charge in [-0.2, -0.15) is 9.78 Å². The van der Waals surface area contributed by atoms with Crippen LogP contribution in [0.2, 0.25) is 5.02 Å². The lowest BCUT2D eigenvalue weighted by Crippen LogP contribution is -2.20. The van der Waals surface area contributed by atoms with Gasteiger partial charge in [-0.1, -0.05) is 60.1 Å². The van der Waals surface area contributed by atoms with Crippen molar-refractivity contribution in [3.63, 3.8) is 0 Å². The molecule has 2 aromatic heterocycles. The molecule has 0 N–H and O–H groups in total. The minimum Gasteiger partial charge on any atom is -0.493 e. The Hall–Kier alpha value is -5.48. The third-order valence-corrected chi connectivity index (χ3v) is 6.89. The smallest absolute Gasteiger partial charge is 0.315 e. The SMILES string of the molecule is COc1cc(C=Nn2c(-c3cc4ccccc4o3)nc3ccccc3c2=O)cc([N+](=O)[O-])c1OCc1ccccc1Cl. The summed E-state index contributed by atoms with van der Waals surface area (Å²) in [5.41, 5.74) is 1.26. The number of hydrogen-bond donors (Lipinski definition) is 0. The molecule has 6 rings (SSSR count). The minimum atomic E-state index is -0.578. The Morgan fingerprint density at radius 3 is 2.60 bits per heavy atom. The van der Waals surface area contributed by atoms with Gasteiger partial charge in [0.1, 0.15) is 12.2 Å². The van der Waals surface area contributed by atoms with Crippen molar-refractivity contribution in [2.45, 2.75) is 6.61 Å². The predicted molar refractivity (Wildman–Crippen MR) is 160 cm³/mol. The van der Waals surface area contributed by atoms with Crippen LogP contribution in [-0.2, 0) is 6.61 Å². The molecule has 0 aliphatic heterocycles. The van der Waals surface area contributed by atoms with Crippen molar-refractivity contribution in [1.82, 2.24) is 9.66 Å². The zero-order chi connectivity index (χ0) is 29.2. The van der Waals surface area contributed by atoms with Gasteiger partial charge in [-0.05, 0) is 36.4 Å². The van der Waals surface area contributed by atoms with Crippen molar-refractivity contribution < 1.29 is 18.8 Å². The largest absolute Gasteiger partial charge is 0.493 e. The van der Waals surface area contributed by atoms with Crippen molar-refractivity contribution in [3.8, 4) is 23.1 Å². The molecule has 10 nitrogen and oxygen atoms in total. The number of fused-ring (bicyclic) bond motifs is 2. The summed E-state index contributed by atoms with van der Waals surface area (Å²) < 4.78 is 18.3. The summed E-state index contributed by atoms with van der Waals surface area (Å²) in [6.07, 6.45) is 1.32. The first-order valence-corrected chi connectivity index (χ1v) is 13.1. The maximum absolute atomic E-state index is 13.6. The summed E-state index contributed by atoms with van der Waals surface area (Å²) in [5.74, 6) is 0.557. The van der Waals surface area contributed by atoms with Crippen LogP contribution in [0.25, 0.3) is 33.5 Å². The van der Waals surface area contributed by atoms with Crippen molar-refractivity contribution >= 4 is 45.4 Å². The van der Waals surface area contributed by atoms with Gasteiger partial charge in [0.15, 0.2) is 11.5 Å². The highest BCUT2D eigenvalue weighted by Gasteiger charge is 2.23. The minimum absolute atomic E-state index is 0.0106. The number of aromatic nitrogens is 2. The molecule has 0 saturated carbocycles. The molecule has 0 aliphatic carbocycles. The highest BCUT2D eigenvalue weighted by molar-refractivity contribution is 6.31. The lowest BCUT2D eigenvalue weighted by Gasteiger charge is -2.13. The molecule has 6 aromatic rings. The van der Waals surface area contributed by atoms with E-state index in [4.69, 9.17) is 25.5 Å². The fourth-order valence-electron chi connectivity index (χ4n) is 4.49. The number of methoxy groups -OCH3 is 1. The fourth-order valence-corrected chi connectivity index (χ4v) is 4.68. The molecule has 2 heterocycles. The third kappa shape index (κ3) is 5.06. The van der Waals surface area contributed by atoms with E-state index in [2.05, 4.69) is 10.1 Å². The van der Waals surface area contributed by atoms with Gasteiger partial charge < -0.3 is 13.9 Å². The molecule has 0 atom stereocenters. The molecule has 0 bridgehead atoms. The summed E-state index contributed by atoms with van der Waals surface area (Å²) in [7, 11) is 1.37. The highest BCUT2D eigenvalue weighted by atomic mass is 35.5. The van der Waals surface area contributed by atoms with E-state index in [-0.39, 0.29) is 29.6 Å². The molecule has 42 heavy (non-hydrogen) atoms. The first kappa shape index (κ1) is 26.7. The second kappa shape index (κ2) is 11.2. The van der Waals surface area contributed by atoms with Crippen molar-refractivity contribution in [1.29, 1.82) is 0 Å². The summed E-state index contributed by atoms with van der Waals surface area (Å²) in [5, 5.41) is 18.1. The van der Waals surface area contributed by atoms with E-state index < -0.39 is 10.5 Å². The summed E-state index contributed by atoms with van der Waals surface area (Å²) >= 11 is 6.22. The average Bonchev–Trinajstić information content (AvgIpc) is 3.44. The summed E-state index contributed by atoms with van der Waals surface area (Å²) in [6, 6.07) is 25.9. The van der Waals surface area contributed by atoms with Gasteiger partial charge in [0.25, 0.3) is 5.56 Å². The Bertz CT molecular complexity index is 2030. The van der Waals surface area contributed by atoms with Crippen molar-refractivity contribution in [2.24, 2.45) is 5.10 Å². The van der Waals surface area contributed by atoms with Gasteiger partial charge in [0.05, 0.1) is 29.2 Å². The van der Waals surface area contributed by atoms with Crippen LogP contribution in [0.4, 0.5) is 5.69 Å². The number of rotatable bonds is 8. The quantitative estimate of drug-likeness (QED) is 0.110. The van der Waals surface area contributed by atoms with E-state index in [1.165, 1.54) is 25.5 Å². The van der Waals surface area contributed by atoms with Gasteiger partial charge in [0.2, 0.25) is 11.6 Å². The molecule has 0 aliphatic rings. The number of halogens is 1. The molecule has 11 heteroatoms. The van der Waals surface area contributed by atoms with E-state index in [1.807, 2.05) is 24.3 Å². The van der Waals surface area contributed by atoms with Crippen LogP contribution in [0.15, 0.2) is 105 Å². The Morgan fingerprint density at radius 2 is 1.81 bits per heavy atom. The normalized spacial score (nSPS) is 11.4. The Morgan fingerprint density at radius 1 is 1.05 bits per heavy atom. The van der Waals surface area contributed by atoms with Crippen LogP contribution in [0.3, 0.4) is 0 Å². The predicted octanol–water partition coefficient (Wildman–Crippen LogP) is 6.84. The zero-order valence-corrected chi connectivity index (χ0v) is 22.8. The molecule has 4 aromatic carbocycles. The van der Waals surface area contributed by atoms with E-state index in [0.29, 0.717) is 38.4 Å². The van der Waals surface area contributed by atoms with E-state index in [9.17, 15) is 14.9 Å². The fraction of sp³-hybridized carbons (Fsp3) is 0.0645. The van der Waals surface area contributed by atoms with E-state index in [0.717, 1.165) is 10.1 Å². The Kier molecular flexibility index (Phi) is 7.12.